The van der Waals surface area contributed by atoms with Crippen LogP contribution >= 0.6 is 0 Å². The number of nitrogens with one attached hydrogen (secondary N) is 1. The Balaban J connectivity index is 1.97. The summed E-state index contributed by atoms with van der Waals surface area (Å²) in [5.74, 6) is 1.87. The average Bonchev–Trinajstić information content (AvgIpc) is 2.54. The highest BCUT2D eigenvalue weighted by atomic mass is 16.5. The summed E-state index contributed by atoms with van der Waals surface area (Å²) < 4.78 is 10.5. The molecule has 0 spiro atoms. The molecule has 1 amide bonds. The summed E-state index contributed by atoms with van der Waals surface area (Å²) in [5, 5.41) is 3.11. The summed E-state index contributed by atoms with van der Waals surface area (Å²) >= 11 is 0. The molecule has 4 nitrogen and oxygen atoms in total. The number of hydrogen-bond donors (Lipinski definition) is 1. The molecule has 1 fully saturated rings. The van der Waals surface area contributed by atoms with E-state index < -0.39 is 0 Å². The first-order valence-corrected chi connectivity index (χ1v) is 7.84. The monoisotopic (exact) mass is 303 g/mol. The fourth-order valence-electron chi connectivity index (χ4n) is 2.89. The fraction of sp³-hybridized carbons (Fsp3) is 0.500. The normalized spacial score (nSPS) is 21.6. The number of amides is 1. The maximum absolute atomic E-state index is 12.1. The second-order valence-electron chi connectivity index (χ2n) is 5.82. The Hall–Kier alpha value is -1.97. The number of hydrogen-bond acceptors (Lipinski definition) is 3. The van der Waals surface area contributed by atoms with E-state index in [0.29, 0.717) is 23.5 Å². The van der Waals surface area contributed by atoms with Crippen LogP contribution in [0.5, 0.6) is 11.5 Å². The van der Waals surface area contributed by atoms with Gasteiger partial charge in [-0.15, -0.1) is 0 Å². The Labute approximate surface area is 132 Å². The maximum atomic E-state index is 12.1. The molecule has 1 aromatic carbocycles. The summed E-state index contributed by atoms with van der Waals surface area (Å²) in [4.78, 5) is 12.1. The summed E-state index contributed by atoms with van der Waals surface area (Å²) in [6.45, 7) is 2.21. The molecular weight excluding hydrogens is 278 g/mol. The van der Waals surface area contributed by atoms with Crippen LogP contribution in [0.1, 0.15) is 38.2 Å². The zero-order valence-electron chi connectivity index (χ0n) is 13.6. The molecule has 1 aliphatic rings. The topological polar surface area (TPSA) is 47.6 Å². The van der Waals surface area contributed by atoms with E-state index in [1.54, 1.807) is 26.4 Å². The van der Waals surface area contributed by atoms with Gasteiger partial charge in [0.1, 0.15) is 0 Å². The number of ether oxygens (including phenoxy) is 2. The summed E-state index contributed by atoms with van der Waals surface area (Å²) in [5.41, 5.74) is 0.907. The van der Waals surface area contributed by atoms with E-state index in [0.717, 1.165) is 12.0 Å². The van der Waals surface area contributed by atoms with E-state index in [1.165, 1.54) is 19.3 Å². The van der Waals surface area contributed by atoms with Crippen LogP contribution in [-0.4, -0.2) is 26.2 Å². The lowest BCUT2D eigenvalue weighted by atomic mass is 9.86. The first-order chi connectivity index (χ1) is 10.6. The maximum Gasteiger partial charge on any atom is 0.244 e. The van der Waals surface area contributed by atoms with Gasteiger partial charge in [-0.25, -0.2) is 0 Å². The molecule has 0 heterocycles. The number of carbonyl (C=O) groups excluding carboxylic acids is 1. The Bertz CT molecular complexity index is 539. The molecule has 1 N–H and O–H groups in total. The first-order valence-electron chi connectivity index (χ1n) is 7.84. The third-order valence-electron chi connectivity index (χ3n) is 4.27. The smallest absolute Gasteiger partial charge is 0.244 e. The standard InChI is InChI=1S/C18H25NO3/c1-13-6-4-5-7-15(13)19-18(20)11-9-14-8-10-16(21-2)17(12-14)22-3/h8-13,15H,4-7H2,1-3H3,(H,19,20). The van der Waals surface area contributed by atoms with Crippen molar-refractivity contribution in [1.82, 2.24) is 5.32 Å². The Morgan fingerprint density at radius 1 is 1.18 bits per heavy atom. The molecule has 22 heavy (non-hydrogen) atoms. The van der Waals surface area contributed by atoms with Crippen LogP contribution < -0.4 is 14.8 Å². The second kappa shape index (κ2) is 7.87. The molecule has 120 valence electrons. The molecule has 0 radical (unpaired) electrons. The predicted molar refractivity (Wildman–Crippen MR) is 88.1 cm³/mol. The molecule has 0 aromatic heterocycles. The molecular formula is C18H25NO3. The van der Waals surface area contributed by atoms with Crippen LogP contribution in [-0.2, 0) is 4.79 Å². The lowest BCUT2D eigenvalue weighted by molar-refractivity contribution is -0.117. The van der Waals surface area contributed by atoms with Crippen molar-refractivity contribution in [1.29, 1.82) is 0 Å². The Morgan fingerprint density at radius 2 is 1.91 bits per heavy atom. The van der Waals surface area contributed by atoms with Crippen LogP contribution in [0.2, 0.25) is 0 Å². The van der Waals surface area contributed by atoms with Gasteiger partial charge in [0.25, 0.3) is 0 Å². The molecule has 2 rings (SSSR count). The van der Waals surface area contributed by atoms with Gasteiger partial charge in [-0.05, 0) is 42.5 Å². The van der Waals surface area contributed by atoms with E-state index in [-0.39, 0.29) is 5.91 Å². The Kier molecular flexibility index (Phi) is 5.87. The zero-order chi connectivity index (χ0) is 15.9. The van der Waals surface area contributed by atoms with E-state index in [4.69, 9.17) is 9.47 Å². The summed E-state index contributed by atoms with van der Waals surface area (Å²) in [6, 6.07) is 5.89. The number of benzene rings is 1. The minimum atomic E-state index is -0.0338. The van der Waals surface area contributed by atoms with Crippen LogP contribution in [0.4, 0.5) is 0 Å². The van der Waals surface area contributed by atoms with Crippen molar-refractivity contribution >= 4 is 12.0 Å². The average molecular weight is 303 g/mol. The molecule has 1 aromatic rings. The number of carbonyl (C=O) groups is 1. The lowest BCUT2D eigenvalue weighted by Crippen LogP contribution is -2.40. The minimum absolute atomic E-state index is 0.0338. The highest BCUT2D eigenvalue weighted by Crippen LogP contribution is 2.28. The fourth-order valence-corrected chi connectivity index (χ4v) is 2.89. The largest absolute Gasteiger partial charge is 0.493 e. The molecule has 2 atom stereocenters. The van der Waals surface area contributed by atoms with E-state index in [9.17, 15) is 4.79 Å². The molecule has 4 heteroatoms. The minimum Gasteiger partial charge on any atom is -0.493 e. The van der Waals surface area contributed by atoms with E-state index in [1.807, 2.05) is 18.2 Å². The predicted octanol–water partition coefficient (Wildman–Crippen LogP) is 3.41. The van der Waals surface area contributed by atoms with Crippen LogP contribution in [0.25, 0.3) is 6.08 Å². The van der Waals surface area contributed by atoms with Gasteiger partial charge in [0.05, 0.1) is 14.2 Å². The Morgan fingerprint density at radius 3 is 2.59 bits per heavy atom. The van der Waals surface area contributed by atoms with Crippen molar-refractivity contribution in [2.45, 2.75) is 38.6 Å². The number of methoxy groups -OCH3 is 2. The van der Waals surface area contributed by atoms with Gasteiger partial charge < -0.3 is 14.8 Å². The molecule has 1 aliphatic carbocycles. The van der Waals surface area contributed by atoms with Gasteiger partial charge >= 0.3 is 0 Å². The van der Waals surface area contributed by atoms with Crippen LogP contribution in [0.15, 0.2) is 24.3 Å². The van der Waals surface area contributed by atoms with Crippen molar-refractivity contribution in [3.8, 4) is 11.5 Å². The quantitative estimate of drug-likeness (QED) is 0.848. The van der Waals surface area contributed by atoms with Gasteiger partial charge in [-0.2, -0.15) is 0 Å². The van der Waals surface area contributed by atoms with Crippen LogP contribution in [0.3, 0.4) is 0 Å². The van der Waals surface area contributed by atoms with E-state index >= 15 is 0 Å². The third-order valence-corrected chi connectivity index (χ3v) is 4.27. The first kappa shape index (κ1) is 16.4. The second-order valence-corrected chi connectivity index (χ2v) is 5.82. The SMILES string of the molecule is COc1ccc(C=CC(=O)NC2CCCCC2C)cc1OC. The van der Waals surface area contributed by atoms with Gasteiger partial charge in [0.15, 0.2) is 11.5 Å². The summed E-state index contributed by atoms with van der Waals surface area (Å²) in [7, 11) is 3.20. The molecule has 1 saturated carbocycles. The van der Waals surface area contributed by atoms with Gasteiger partial charge in [0.2, 0.25) is 5.91 Å². The van der Waals surface area contributed by atoms with Crippen molar-refractivity contribution in [2.24, 2.45) is 5.92 Å². The van der Waals surface area contributed by atoms with E-state index in [2.05, 4.69) is 12.2 Å². The molecule has 2 unspecified atom stereocenters. The summed E-state index contributed by atoms with van der Waals surface area (Å²) in [6.07, 6.45) is 8.14. The number of rotatable bonds is 5. The van der Waals surface area contributed by atoms with Crippen molar-refractivity contribution in [3.05, 3.63) is 29.8 Å². The van der Waals surface area contributed by atoms with Crippen LogP contribution in [0, 0.1) is 5.92 Å². The third kappa shape index (κ3) is 4.26. The highest BCUT2D eigenvalue weighted by molar-refractivity contribution is 5.92. The molecule has 0 bridgehead atoms. The molecule has 0 saturated heterocycles. The van der Waals surface area contributed by atoms with Gasteiger partial charge in [-0.3, -0.25) is 4.79 Å². The van der Waals surface area contributed by atoms with Gasteiger partial charge in [0, 0.05) is 12.1 Å². The molecule has 0 aliphatic heterocycles. The lowest BCUT2D eigenvalue weighted by Gasteiger charge is -2.29. The van der Waals surface area contributed by atoms with Gasteiger partial charge in [-0.1, -0.05) is 25.8 Å². The zero-order valence-corrected chi connectivity index (χ0v) is 13.6. The van der Waals surface area contributed by atoms with Crippen molar-refractivity contribution in [3.63, 3.8) is 0 Å². The van der Waals surface area contributed by atoms with Crippen molar-refractivity contribution < 1.29 is 14.3 Å². The highest BCUT2D eigenvalue weighted by Gasteiger charge is 2.21. The van der Waals surface area contributed by atoms with Crippen molar-refractivity contribution in [2.75, 3.05) is 14.2 Å².